The van der Waals surface area contributed by atoms with E-state index in [9.17, 15) is 4.79 Å². The van der Waals surface area contributed by atoms with Crippen LogP contribution in [0.25, 0.3) is 6.08 Å². The molecule has 0 N–H and O–H groups in total. The zero-order valence-electron chi connectivity index (χ0n) is 9.88. The number of allylic oxidation sites excluding steroid dienone is 2. The molecule has 17 heavy (non-hydrogen) atoms. The molecule has 0 amide bonds. The number of aromatic nitrogens is 2. The van der Waals surface area contributed by atoms with Gasteiger partial charge in [-0.25, -0.2) is 9.97 Å². The minimum absolute atomic E-state index is 0.372. The second kappa shape index (κ2) is 6.37. The van der Waals surface area contributed by atoms with E-state index in [1.807, 2.05) is 0 Å². The standard InChI is InChI=1S/C13H14N2O2/c1-4-12(17-11(3)16)10(2)6-7-13-14-8-5-9-15-13/h4-9H,2H2,1,3H3. The minimum atomic E-state index is -0.372. The van der Waals surface area contributed by atoms with E-state index in [4.69, 9.17) is 4.74 Å². The number of nitrogens with zero attached hydrogens (tertiary/aromatic N) is 2. The van der Waals surface area contributed by atoms with Crippen LogP contribution >= 0.6 is 0 Å². The molecule has 0 fully saturated rings. The quantitative estimate of drug-likeness (QED) is 0.453. The average Bonchev–Trinajstić information content (AvgIpc) is 2.34. The molecule has 1 aromatic heterocycles. The monoisotopic (exact) mass is 230 g/mol. The summed E-state index contributed by atoms with van der Waals surface area (Å²) in [6, 6.07) is 1.74. The van der Waals surface area contributed by atoms with Gasteiger partial charge in [0.05, 0.1) is 0 Å². The Bertz CT molecular complexity index is 462. The number of hydrogen-bond acceptors (Lipinski definition) is 4. The molecule has 0 aliphatic rings. The molecule has 0 bridgehead atoms. The summed E-state index contributed by atoms with van der Waals surface area (Å²) in [6.07, 6.45) is 8.39. The van der Waals surface area contributed by atoms with E-state index in [1.54, 1.807) is 43.6 Å². The van der Waals surface area contributed by atoms with Crippen molar-refractivity contribution in [3.63, 3.8) is 0 Å². The van der Waals surface area contributed by atoms with Gasteiger partial charge in [-0.05, 0) is 31.2 Å². The van der Waals surface area contributed by atoms with Crippen LogP contribution in [-0.4, -0.2) is 15.9 Å². The molecule has 0 atom stereocenters. The molecule has 0 radical (unpaired) electrons. The van der Waals surface area contributed by atoms with Crippen molar-refractivity contribution in [1.29, 1.82) is 0 Å². The normalized spacial score (nSPS) is 11.5. The first-order chi connectivity index (χ1) is 8.13. The first-order valence-electron chi connectivity index (χ1n) is 5.12. The van der Waals surface area contributed by atoms with Gasteiger partial charge in [-0.15, -0.1) is 0 Å². The van der Waals surface area contributed by atoms with Gasteiger partial charge in [0, 0.05) is 24.9 Å². The topological polar surface area (TPSA) is 52.1 Å². The molecule has 0 aromatic carbocycles. The molecule has 4 heteroatoms. The number of esters is 1. The minimum Gasteiger partial charge on any atom is -0.426 e. The maximum Gasteiger partial charge on any atom is 0.308 e. The summed E-state index contributed by atoms with van der Waals surface area (Å²) in [6.45, 7) is 6.93. The molecule has 0 spiro atoms. The van der Waals surface area contributed by atoms with Gasteiger partial charge in [-0.3, -0.25) is 4.79 Å². The molecule has 88 valence electrons. The van der Waals surface area contributed by atoms with E-state index in [-0.39, 0.29) is 5.97 Å². The maximum atomic E-state index is 10.8. The van der Waals surface area contributed by atoms with Crippen molar-refractivity contribution >= 4 is 12.0 Å². The Labute approximate surface area is 100 Å². The predicted molar refractivity (Wildman–Crippen MR) is 65.7 cm³/mol. The predicted octanol–water partition coefficient (Wildman–Crippen LogP) is 2.51. The lowest BCUT2D eigenvalue weighted by Crippen LogP contribution is -1.99. The van der Waals surface area contributed by atoms with Gasteiger partial charge in [0.25, 0.3) is 0 Å². The molecule has 0 aliphatic heterocycles. The molecule has 0 aliphatic carbocycles. The Morgan fingerprint density at radius 3 is 2.59 bits per heavy atom. The summed E-state index contributed by atoms with van der Waals surface area (Å²) in [7, 11) is 0. The van der Waals surface area contributed by atoms with Gasteiger partial charge in [0.2, 0.25) is 0 Å². The molecule has 1 heterocycles. The number of rotatable bonds is 4. The third-order valence-electron chi connectivity index (χ3n) is 1.85. The molecule has 1 rings (SSSR count). The largest absolute Gasteiger partial charge is 0.426 e. The highest BCUT2D eigenvalue weighted by Gasteiger charge is 2.03. The van der Waals surface area contributed by atoms with Gasteiger partial charge in [0.15, 0.2) is 5.82 Å². The van der Waals surface area contributed by atoms with Gasteiger partial charge in [-0.1, -0.05) is 6.58 Å². The highest BCUT2D eigenvalue weighted by molar-refractivity contribution is 5.68. The molecule has 1 aromatic rings. The van der Waals surface area contributed by atoms with Crippen molar-refractivity contribution in [1.82, 2.24) is 9.97 Å². The molecule has 0 saturated heterocycles. The number of carbonyl (C=O) groups is 1. The Morgan fingerprint density at radius 1 is 1.41 bits per heavy atom. The SMILES string of the molecule is C=C(C=Cc1ncccn1)C(=CC)OC(C)=O. The smallest absolute Gasteiger partial charge is 0.308 e. The van der Waals surface area contributed by atoms with Crippen LogP contribution in [0.2, 0.25) is 0 Å². The van der Waals surface area contributed by atoms with Crippen LogP contribution in [-0.2, 0) is 9.53 Å². The van der Waals surface area contributed by atoms with Gasteiger partial charge < -0.3 is 4.74 Å². The summed E-state index contributed by atoms with van der Waals surface area (Å²) in [5, 5.41) is 0. The van der Waals surface area contributed by atoms with Crippen molar-refractivity contribution < 1.29 is 9.53 Å². The van der Waals surface area contributed by atoms with Crippen LogP contribution in [0.5, 0.6) is 0 Å². The number of carbonyl (C=O) groups excluding carboxylic acids is 1. The third kappa shape index (κ3) is 4.42. The Kier molecular flexibility index (Phi) is 4.81. The van der Waals surface area contributed by atoms with Crippen molar-refractivity contribution in [2.75, 3.05) is 0 Å². The first kappa shape index (κ1) is 12.8. The van der Waals surface area contributed by atoms with E-state index < -0.39 is 0 Å². The van der Waals surface area contributed by atoms with E-state index in [2.05, 4.69) is 16.5 Å². The van der Waals surface area contributed by atoms with E-state index in [0.29, 0.717) is 17.2 Å². The van der Waals surface area contributed by atoms with Crippen LogP contribution in [0.3, 0.4) is 0 Å². The Hall–Kier alpha value is -2.23. The van der Waals surface area contributed by atoms with Gasteiger partial charge >= 0.3 is 5.97 Å². The number of ether oxygens (including phenoxy) is 1. The lowest BCUT2D eigenvalue weighted by Gasteiger charge is -2.05. The third-order valence-corrected chi connectivity index (χ3v) is 1.85. The summed E-state index contributed by atoms with van der Waals surface area (Å²) < 4.78 is 4.98. The fourth-order valence-electron chi connectivity index (χ4n) is 1.12. The summed E-state index contributed by atoms with van der Waals surface area (Å²) in [5.74, 6) is 0.639. The van der Waals surface area contributed by atoms with Crippen LogP contribution in [0.4, 0.5) is 0 Å². The van der Waals surface area contributed by atoms with E-state index in [0.717, 1.165) is 0 Å². The lowest BCUT2D eigenvalue weighted by molar-refractivity contribution is -0.136. The first-order valence-corrected chi connectivity index (χ1v) is 5.12. The van der Waals surface area contributed by atoms with Crippen molar-refractivity contribution in [2.45, 2.75) is 13.8 Å². The van der Waals surface area contributed by atoms with Gasteiger partial charge in [0.1, 0.15) is 5.76 Å². The molecule has 4 nitrogen and oxygen atoms in total. The maximum absolute atomic E-state index is 10.8. The van der Waals surface area contributed by atoms with E-state index in [1.165, 1.54) is 6.92 Å². The summed E-state index contributed by atoms with van der Waals surface area (Å²) >= 11 is 0. The lowest BCUT2D eigenvalue weighted by atomic mass is 10.2. The fourth-order valence-corrected chi connectivity index (χ4v) is 1.12. The van der Waals surface area contributed by atoms with Crippen molar-refractivity contribution in [2.24, 2.45) is 0 Å². The van der Waals surface area contributed by atoms with Crippen LogP contribution in [0.1, 0.15) is 19.7 Å². The molecule has 0 saturated carbocycles. The van der Waals surface area contributed by atoms with Crippen LogP contribution < -0.4 is 0 Å². The highest BCUT2D eigenvalue weighted by Crippen LogP contribution is 2.12. The summed E-state index contributed by atoms with van der Waals surface area (Å²) in [5.41, 5.74) is 0.593. The zero-order chi connectivity index (χ0) is 12.7. The highest BCUT2D eigenvalue weighted by atomic mass is 16.5. The molecular formula is C13H14N2O2. The van der Waals surface area contributed by atoms with Gasteiger partial charge in [-0.2, -0.15) is 0 Å². The van der Waals surface area contributed by atoms with Crippen molar-refractivity contribution in [3.8, 4) is 0 Å². The fraction of sp³-hybridized carbons (Fsp3) is 0.154. The Balaban J connectivity index is 2.72. The average molecular weight is 230 g/mol. The molecule has 0 unspecified atom stereocenters. The molecular weight excluding hydrogens is 216 g/mol. The van der Waals surface area contributed by atoms with Crippen molar-refractivity contribution in [3.05, 3.63) is 54.3 Å². The zero-order valence-corrected chi connectivity index (χ0v) is 9.88. The Morgan fingerprint density at radius 2 is 2.06 bits per heavy atom. The van der Waals surface area contributed by atoms with Crippen LogP contribution in [0, 0.1) is 0 Å². The second-order valence-corrected chi connectivity index (χ2v) is 3.21. The van der Waals surface area contributed by atoms with Crippen LogP contribution in [0.15, 0.2) is 48.5 Å². The summed E-state index contributed by atoms with van der Waals surface area (Å²) in [4.78, 5) is 18.9. The second-order valence-electron chi connectivity index (χ2n) is 3.21. The number of hydrogen-bond donors (Lipinski definition) is 0. The van der Waals surface area contributed by atoms with E-state index >= 15 is 0 Å².